The molecule has 0 aliphatic heterocycles. The summed E-state index contributed by atoms with van der Waals surface area (Å²) >= 11 is 1.78. The zero-order chi connectivity index (χ0) is 14.3. The van der Waals surface area contributed by atoms with Crippen LogP contribution in [0, 0.1) is 6.92 Å². The smallest absolute Gasteiger partial charge is 0.222 e. The minimum Gasteiger partial charge on any atom is -0.481 e. The fourth-order valence-corrected chi connectivity index (χ4v) is 4.18. The summed E-state index contributed by atoms with van der Waals surface area (Å²) < 4.78 is 7.27. The molecule has 0 fully saturated rings. The molecule has 0 spiro atoms. The molecule has 0 aromatic carbocycles. The van der Waals surface area contributed by atoms with Crippen LogP contribution < -0.4 is 10.1 Å². The third-order valence-corrected chi connectivity index (χ3v) is 5.03. The van der Waals surface area contributed by atoms with Crippen LogP contribution in [0.15, 0.2) is 0 Å². The minimum absolute atomic E-state index is 0.381. The van der Waals surface area contributed by atoms with Crippen molar-refractivity contribution in [2.75, 3.05) is 14.2 Å². The lowest BCUT2D eigenvalue weighted by Crippen LogP contribution is -2.21. The average Bonchev–Trinajstić information content (AvgIpc) is 2.97. The molecular formula is C14H20N4OS. The van der Waals surface area contributed by atoms with Crippen LogP contribution in [0.2, 0.25) is 0 Å². The fraction of sp³-hybridized carbons (Fsp3) is 0.571. The van der Waals surface area contributed by atoms with Gasteiger partial charge in [0.25, 0.3) is 0 Å². The normalized spacial score (nSPS) is 18.1. The summed E-state index contributed by atoms with van der Waals surface area (Å²) in [5, 5.41) is 8.84. The molecule has 0 saturated carbocycles. The summed E-state index contributed by atoms with van der Waals surface area (Å²) in [5.41, 5.74) is 3.21. The Hall–Kier alpha value is -1.40. The summed E-state index contributed by atoms with van der Waals surface area (Å²) in [4.78, 5) is 6.28. The van der Waals surface area contributed by atoms with Gasteiger partial charge in [-0.05, 0) is 33.2 Å². The van der Waals surface area contributed by atoms with E-state index in [9.17, 15) is 0 Å². The number of aryl methyl sites for hydroxylation is 3. The van der Waals surface area contributed by atoms with Crippen molar-refractivity contribution in [1.29, 1.82) is 0 Å². The highest BCUT2D eigenvalue weighted by Crippen LogP contribution is 2.40. The molecule has 1 N–H and O–H groups in total. The Morgan fingerprint density at radius 1 is 1.45 bits per heavy atom. The van der Waals surface area contributed by atoms with E-state index >= 15 is 0 Å². The van der Waals surface area contributed by atoms with Crippen LogP contribution in [0.25, 0.3) is 10.6 Å². The number of methoxy groups -OCH3 is 1. The quantitative estimate of drug-likeness (QED) is 0.944. The number of hydrogen-bond acceptors (Lipinski definition) is 5. The first-order valence-electron chi connectivity index (χ1n) is 6.90. The molecule has 1 atom stereocenters. The monoisotopic (exact) mass is 292 g/mol. The minimum atomic E-state index is 0.381. The van der Waals surface area contributed by atoms with Gasteiger partial charge in [-0.3, -0.25) is 0 Å². The fourth-order valence-electron chi connectivity index (χ4n) is 2.92. The lowest BCUT2D eigenvalue weighted by atomic mass is 9.98. The molecule has 108 valence electrons. The lowest BCUT2D eigenvalue weighted by molar-refractivity contribution is 0.375. The second-order valence-electron chi connectivity index (χ2n) is 5.15. The SMILES string of the molecule is CNC1CCCc2sc(-c3c(C)nn(C)c3OC)nc21. The topological polar surface area (TPSA) is 52.0 Å². The molecule has 0 radical (unpaired) electrons. The molecule has 1 aliphatic carbocycles. The second-order valence-corrected chi connectivity index (χ2v) is 6.24. The summed E-state index contributed by atoms with van der Waals surface area (Å²) in [6.45, 7) is 2.01. The predicted molar refractivity (Wildman–Crippen MR) is 80.3 cm³/mol. The molecule has 0 bridgehead atoms. The highest BCUT2D eigenvalue weighted by Gasteiger charge is 2.26. The molecule has 2 aromatic rings. The van der Waals surface area contributed by atoms with Crippen molar-refractivity contribution in [3.8, 4) is 16.5 Å². The van der Waals surface area contributed by atoms with Gasteiger partial charge in [0.2, 0.25) is 5.88 Å². The van der Waals surface area contributed by atoms with Gasteiger partial charge >= 0.3 is 0 Å². The van der Waals surface area contributed by atoms with Crippen molar-refractivity contribution >= 4 is 11.3 Å². The van der Waals surface area contributed by atoms with Gasteiger partial charge in [0, 0.05) is 11.9 Å². The number of nitrogens with zero attached hydrogens (tertiary/aromatic N) is 3. The molecule has 20 heavy (non-hydrogen) atoms. The molecule has 5 nitrogen and oxygen atoms in total. The maximum atomic E-state index is 5.49. The predicted octanol–water partition coefficient (Wildman–Crippen LogP) is 2.46. The molecule has 0 saturated heterocycles. The van der Waals surface area contributed by atoms with E-state index in [2.05, 4.69) is 10.4 Å². The largest absolute Gasteiger partial charge is 0.481 e. The van der Waals surface area contributed by atoms with Gasteiger partial charge < -0.3 is 10.1 Å². The van der Waals surface area contributed by atoms with Crippen molar-refractivity contribution in [1.82, 2.24) is 20.1 Å². The van der Waals surface area contributed by atoms with Gasteiger partial charge in [-0.2, -0.15) is 5.10 Å². The van der Waals surface area contributed by atoms with Gasteiger partial charge in [-0.25, -0.2) is 9.67 Å². The van der Waals surface area contributed by atoms with Gasteiger partial charge in [0.05, 0.1) is 30.1 Å². The number of ether oxygens (including phenoxy) is 1. The standard InChI is InChI=1S/C14H20N4OS/c1-8-11(14(19-4)18(3)17-8)13-16-12-9(15-2)6-5-7-10(12)20-13/h9,15H,5-7H2,1-4H3. The third-order valence-electron chi connectivity index (χ3n) is 3.88. The third kappa shape index (κ3) is 2.03. The first-order chi connectivity index (χ1) is 9.65. The van der Waals surface area contributed by atoms with E-state index < -0.39 is 0 Å². The zero-order valence-electron chi connectivity index (χ0n) is 12.4. The van der Waals surface area contributed by atoms with E-state index in [0.29, 0.717) is 6.04 Å². The maximum Gasteiger partial charge on any atom is 0.222 e. The Bertz CT molecular complexity index is 631. The molecule has 3 rings (SSSR count). The number of fused-ring (bicyclic) bond motifs is 1. The Morgan fingerprint density at radius 3 is 2.95 bits per heavy atom. The number of aromatic nitrogens is 3. The second kappa shape index (κ2) is 5.18. The number of hydrogen-bond donors (Lipinski definition) is 1. The van der Waals surface area contributed by atoms with Crippen molar-refractivity contribution in [2.24, 2.45) is 7.05 Å². The van der Waals surface area contributed by atoms with Crippen LogP contribution >= 0.6 is 11.3 Å². The summed E-state index contributed by atoms with van der Waals surface area (Å²) in [7, 11) is 5.60. The highest BCUT2D eigenvalue weighted by molar-refractivity contribution is 7.15. The van der Waals surface area contributed by atoms with E-state index in [1.54, 1.807) is 23.1 Å². The molecule has 6 heteroatoms. The average molecular weight is 292 g/mol. The van der Waals surface area contributed by atoms with E-state index in [-0.39, 0.29) is 0 Å². The molecule has 1 aliphatic rings. The maximum absolute atomic E-state index is 5.49. The van der Waals surface area contributed by atoms with Gasteiger partial charge in [0.1, 0.15) is 5.01 Å². The summed E-state index contributed by atoms with van der Waals surface area (Å²) in [6.07, 6.45) is 3.52. The Kier molecular flexibility index (Phi) is 3.52. The van der Waals surface area contributed by atoms with Crippen molar-refractivity contribution in [2.45, 2.75) is 32.2 Å². The lowest BCUT2D eigenvalue weighted by Gasteiger charge is -2.19. The molecular weight excluding hydrogens is 272 g/mol. The molecule has 1 unspecified atom stereocenters. The first-order valence-corrected chi connectivity index (χ1v) is 7.72. The van der Waals surface area contributed by atoms with Crippen LogP contribution in [0.3, 0.4) is 0 Å². The Morgan fingerprint density at radius 2 is 2.25 bits per heavy atom. The molecule has 2 heterocycles. The van der Waals surface area contributed by atoms with E-state index in [1.165, 1.54) is 17.0 Å². The zero-order valence-corrected chi connectivity index (χ0v) is 13.2. The van der Waals surface area contributed by atoms with Gasteiger partial charge in [-0.15, -0.1) is 11.3 Å². The highest BCUT2D eigenvalue weighted by atomic mass is 32.1. The van der Waals surface area contributed by atoms with E-state index in [4.69, 9.17) is 9.72 Å². The van der Waals surface area contributed by atoms with Gasteiger partial charge in [-0.1, -0.05) is 0 Å². The molecule has 2 aromatic heterocycles. The van der Waals surface area contributed by atoms with Crippen molar-refractivity contribution in [3.05, 3.63) is 16.3 Å². The van der Waals surface area contributed by atoms with Crippen LogP contribution in [0.5, 0.6) is 5.88 Å². The number of nitrogens with one attached hydrogen (secondary N) is 1. The van der Waals surface area contributed by atoms with Crippen molar-refractivity contribution in [3.63, 3.8) is 0 Å². The van der Waals surface area contributed by atoms with Crippen LogP contribution in [0.4, 0.5) is 0 Å². The van der Waals surface area contributed by atoms with Crippen LogP contribution in [-0.2, 0) is 13.5 Å². The summed E-state index contributed by atoms with van der Waals surface area (Å²) in [6, 6.07) is 0.381. The van der Waals surface area contributed by atoms with Crippen LogP contribution in [0.1, 0.15) is 35.1 Å². The van der Waals surface area contributed by atoms with Gasteiger partial charge in [0.15, 0.2) is 0 Å². The van der Waals surface area contributed by atoms with E-state index in [0.717, 1.165) is 35.0 Å². The number of rotatable bonds is 3. The first kappa shape index (κ1) is 13.6. The molecule has 0 amide bonds. The summed E-state index contributed by atoms with van der Waals surface area (Å²) in [5.74, 6) is 0.787. The van der Waals surface area contributed by atoms with Crippen molar-refractivity contribution < 1.29 is 4.74 Å². The number of thiazole rings is 1. The Balaban J connectivity index is 2.10. The van der Waals surface area contributed by atoms with Crippen LogP contribution in [-0.4, -0.2) is 28.9 Å². The Labute approximate surface area is 123 Å². The van der Waals surface area contributed by atoms with E-state index in [1.807, 2.05) is 21.0 Å².